The van der Waals surface area contributed by atoms with Gasteiger partial charge in [-0.2, -0.15) is 0 Å². The average Bonchev–Trinajstić information content (AvgIpc) is 2.37. The molecule has 0 saturated heterocycles. The Morgan fingerprint density at radius 3 is 2.61 bits per heavy atom. The highest BCUT2D eigenvalue weighted by Gasteiger charge is 2.17. The molecular formula is C16H23FO. The third kappa shape index (κ3) is 3.24. The van der Waals surface area contributed by atoms with Gasteiger partial charge < -0.3 is 4.74 Å². The van der Waals surface area contributed by atoms with E-state index in [1.54, 1.807) is 6.07 Å². The molecule has 1 aromatic rings. The lowest BCUT2D eigenvalue weighted by molar-refractivity contribution is 0.206. The smallest absolute Gasteiger partial charge is 0.130 e. The van der Waals surface area contributed by atoms with Crippen molar-refractivity contribution >= 4 is 0 Å². The van der Waals surface area contributed by atoms with Gasteiger partial charge in [0.2, 0.25) is 0 Å². The summed E-state index contributed by atoms with van der Waals surface area (Å²) in [5.41, 5.74) is 0.716. The quantitative estimate of drug-likeness (QED) is 0.738. The fourth-order valence-electron chi connectivity index (χ4n) is 2.76. The minimum Gasteiger partial charge on any atom is -0.493 e. The minimum absolute atomic E-state index is 0.147. The molecule has 0 aliphatic heterocycles. The summed E-state index contributed by atoms with van der Waals surface area (Å²) in [6.07, 6.45) is 6.49. The second-order valence-corrected chi connectivity index (χ2v) is 5.62. The molecule has 0 bridgehead atoms. The van der Waals surface area contributed by atoms with E-state index in [2.05, 4.69) is 0 Å². The van der Waals surface area contributed by atoms with Gasteiger partial charge in [0.25, 0.3) is 0 Å². The molecular weight excluding hydrogens is 227 g/mol. The molecule has 2 heteroatoms. The summed E-state index contributed by atoms with van der Waals surface area (Å²) >= 11 is 0. The molecule has 1 aliphatic rings. The second-order valence-electron chi connectivity index (χ2n) is 5.62. The van der Waals surface area contributed by atoms with Gasteiger partial charge in [-0.25, -0.2) is 4.39 Å². The van der Waals surface area contributed by atoms with Crippen molar-refractivity contribution in [3.8, 4) is 5.75 Å². The number of hydrogen-bond acceptors (Lipinski definition) is 1. The predicted molar refractivity (Wildman–Crippen MR) is 72.6 cm³/mol. The topological polar surface area (TPSA) is 9.23 Å². The molecule has 1 saturated carbocycles. The Bertz CT molecular complexity index is 381. The van der Waals surface area contributed by atoms with Crippen LogP contribution in [0.3, 0.4) is 0 Å². The molecule has 18 heavy (non-hydrogen) atoms. The van der Waals surface area contributed by atoms with Crippen LogP contribution in [0.25, 0.3) is 0 Å². The Morgan fingerprint density at radius 1 is 1.22 bits per heavy atom. The molecule has 2 rings (SSSR count). The van der Waals surface area contributed by atoms with E-state index in [-0.39, 0.29) is 11.7 Å². The average molecular weight is 250 g/mol. The van der Waals surface area contributed by atoms with Crippen LogP contribution >= 0.6 is 0 Å². The van der Waals surface area contributed by atoms with Crippen molar-refractivity contribution in [2.24, 2.45) is 5.92 Å². The van der Waals surface area contributed by atoms with Gasteiger partial charge in [-0.1, -0.05) is 39.2 Å². The molecule has 0 aromatic heterocycles. The van der Waals surface area contributed by atoms with Crippen LogP contribution in [0, 0.1) is 11.7 Å². The number of hydrogen-bond donors (Lipinski definition) is 0. The zero-order valence-corrected chi connectivity index (χ0v) is 11.4. The largest absolute Gasteiger partial charge is 0.493 e. The van der Waals surface area contributed by atoms with Crippen molar-refractivity contribution in [3.63, 3.8) is 0 Å². The van der Waals surface area contributed by atoms with Gasteiger partial charge in [-0.3, -0.25) is 0 Å². The molecule has 1 fully saturated rings. The predicted octanol–water partition coefficient (Wildman–Crippen LogP) is 4.91. The fraction of sp³-hybridized carbons (Fsp3) is 0.625. The van der Waals surface area contributed by atoms with Crippen LogP contribution in [0.2, 0.25) is 0 Å². The molecule has 0 N–H and O–H groups in total. The van der Waals surface area contributed by atoms with E-state index < -0.39 is 0 Å². The molecule has 0 radical (unpaired) electrons. The Labute approximate surface area is 109 Å². The van der Waals surface area contributed by atoms with E-state index in [1.165, 1.54) is 38.2 Å². The van der Waals surface area contributed by atoms with Crippen molar-refractivity contribution in [2.75, 3.05) is 6.61 Å². The van der Waals surface area contributed by atoms with E-state index in [4.69, 9.17) is 4.74 Å². The van der Waals surface area contributed by atoms with E-state index in [0.717, 1.165) is 12.4 Å². The summed E-state index contributed by atoms with van der Waals surface area (Å²) in [4.78, 5) is 0. The third-order valence-electron chi connectivity index (χ3n) is 3.79. The van der Waals surface area contributed by atoms with Gasteiger partial charge in [-0.05, 0) is 36.8 Å². The molecule has 0 spiro atoms. The molecule has 0 unspecified atom stereocenters. The molecule has 0 heterocycles. The van der Waals surface area contributed by atoms with E-state index in [0.29, 0.717) is 11.5 Å². The van der Waals surface area contributed by atoms with Gasteiger partial charge in [0, 0.05) is 5.56 Å². The van der Waals surface area contributed by atoms with Crippen LogP contribution < -0.4 is 4.74 Å². The highest BCUT2D eigenvalue weighted by molar-refractivity contribution is 5.36. The fourth-order valence-corrected chi connectivity index (χ4v) is 2.76. The molecule has 1 aliphatic carbocycles. The lowest BCUT2D eigenvalue weighted by Gasteiger charge is -2.23. The summed E-state index contributed by atoms with van der Waals surface area (Å²) < 4.78 is 19.7. The number of benzene rings is 1. The van der Waals surface area contributed by atoms with Crippen molar-refractivity contribution in [1.82, 2.24) is 0 Å². The summed E-state index contributed by atoms with van der Waals surface area (Å²) in [7, 11) is 0. The van der Waals surface area contributed by atoms with Gasteiger partial charge in [0.05, 0.1) is 6.61 Å². The third-order valence-corrected chi connectivity index (χ3v) is 3.79. The summed E-state index contributed by atoms with van der Waals surface area (Å²) in [6.45, 7) is 4.75. The second kappa shape index (κ2) is 6.21. The zero-order valence-electron chi connectivity index (χ0n) is 11.4. The highest BCUT2D eigenvalue weighted by atomic mass is 19.1. The zero-order chi connectivity index (χ0) is 13.0. The first-order chi connectivity index (χ1) is 8.68. The molecule has 100 valence electrons. The standard InChI is InChI=1S/C16H23FO/c1-12(2)16-14(17)9-6-10-15(16)18-11-13-7-4-3-5-8-13/h6,9-10,12-13H,3-5,7-8,11H2,1-2H3. The monoisotopic (exact) mass is 250 g/mol. The van der Waals surface area contributed by atoms with Crippen molar-refractivity contribution in [1.29, 1.82) is 0 Å². The number of rotatable bonds is 4. The summed E-state index contributed by atoms with van der Waals surface area (Å²) in [5.74, 6) is 1.40. The first kappa shape index (κ1) is 13.4. The van der Waals surface area contributed by atoms with Crippen LogP contribution in [-0.4, -0.2) is 6.61 Å². The van der Waals surface area contributed by atoms with Gasteiger partial charge in [0.15, 0.2) is 0 Å². The van der Waals surface area contributed by atoms with Gasteiger partial charge in [0.1, 0.15) is 11.6 Å². The van der Waals surface area contributed by atoms with E-state index in [1.807, 2.05) is 19.9 Å². The van der Waals surface area contributed by atoms with Crippen LogP contribution in [0.15, 0.2) is 18.2 Å². The van der Waals surface area contributed by atoms with Crippen LogP contribution in [-0.2, 0) is 0 Å². The number of halogens is 1. The maximum absolute atomic E-state index is 13.8. The van der Waals surface area contributed by atoms with Crippen molar-refractivity contribution in [2.45, 2.75) is 51.9 Å². The van der Waals surface area contributed by atoms with E-state index in [9.17, 15) is 4.39 Å². The first-order valence-corrected chi connectivity index (χ1v) is 7.09. The van der Waals surface area contributed by atoms with Crippen LogP contribution in [0.5, 0.6) is 5.75 Å². The summed E-state index contributed by atoms with van der Waals surface area (Å²) in [6, 6.07) is 5.14. The molecule has 0 amide bonds. The highest BCUT2D eigenvalue weighted by Crippen LogP contribution is 2.30. The lowest BCUT2D eigenvalue weighted by atomic mass is 9.90. The number of ether oxygens (including phenoxy) is 1. The lowest BCUT2D eigenvalue weighted by Crippen LogP contribution is -2.16. The van der Waals surface area contributed by atoms with Gasteiger partial charge >= 0.3 is 0 Å². The van der Waals surface area contributed by atoms with Crippen molar-refractivity contribution < 1.29 is 9.13 Å². The summed E-state index contributed by atoms with van der Waals surface area (Å²) in [5, 5.41) is 0. The maximum atomic E-state index is 13.8. The Morgan fingerprint density at radius 2 is 1.94 bits per heavy atom. The molecule has 1 aromatic carbocycles. The van der Waals surface area contributed by atoms with Gasteiger partial charge in [-0.15, -0.1) is 0 Å². The Kier molecular flexibility index (Phi) is 4.62. The Balaban J connectivity index is 2.02. The maximum Gasteiger partial charge on any atom is 0.130 e. The normalized spacial score (nSPS) is 17.1. The van der Waals surface area contributed by atoms with Crippen LogP contribution in [0.4, 0.5) is 4.39 Å². The van der Waals surface area contributed by atoms with Crippen LogP contribution in [0.1, 0.15) is 57.4 Å². The SMILES string of the molecule is CC(C)c1c(F)cccc1OCC1CCCCC1. The van der Waals surface area contributed by atoms with E-state index >= 15 is 0 Å². The Hall–Kier alpha value is -1.05. The molecule has 1 nitrogen and oxygen atoms in total. The first-order valence-electron chi connectivity index (χ1n) is 7.09. The van der Waals surface area contributed by atoms with Crippen molar-refractivity contribution in [3.05, 3.63) is 29.6 Å². The minimum atomic E-state index is -0.147. The molecule has 0 atom stereocenters.